The normalized spacial score (nSPS) is 10.5. The number of nitrogens with zero attached hydrogens (tertiary/aromatic N) is 2. The first-order valence-corrected chi connectivity index (χ1v) is 5.50. The SMILES string of the molecule is CCc1cc(-c2n[nH]nc2C(N)=O)ccc1Cl. The molecule has 0 aliphatic carbocycles. The zero-order valence-electron chi connectivity index (χ0n) is 9.20. The minimum atomic E-state index is -0.609. The fourth-order valence-electron chi connectivity index (χ4n) is 1.60. The van der Waals surface area contributed by atoms with E-state index in [1.807, 2.05) is 13.0 Å². The van der Waals surface area contributed by atoms with E-state index in [2.05, 4.69) is 15.4 Å². The molecule has 0 saturated heterocycles. The predicted molar refractivity (Wildman–Crippen MR) is 64.7 cm³/mol. The number of nitrogens with two attached hydrogens (primary N) is 1. The second-order valence-electron chi connectivity index (χ2n) is 3.54. The average Bonchev–Trinajstić information content (AvgIpc) is 2.78. The topological polar surface area (TPSA) is 84.7 Å². The molecule has 2 rings (SSSR count). The van der Waals surface area contributed by atoms with E-state index in [0.717, 1.165) is 17.5 Å². The van der Waals surface area contributed by atoms with Crippen LogP contribution < -0.4 is 5.73 Å². The summed E-state index contributed by atoms with van der Waals surface area (Å²) < 4.78 is 0. The molecule has 0 aliphatic heterocycles. The molecule has 0 saturated carbocycles. The van der Waals surface area contributed by atoms with E-state index in [9.17, 15) is 4.79 Å². The highest BCUT2D eigenvalue weighted by Gasteiger charge is 2.15. The molecule has 0 spiro atoms. The van der Waals surface area contributed by atoms with Crippen molar-refractivity contribution in [1.82, 2.24) is 15.4 Å². The molecular formula is C11H11ClN4O. The van der Waals surface area contributed by atoms with Crippen LogP contribution in [0.3, 0.4) is 0 Å². The van der Waals surface area contributed by atoms with Gasteiger partial charge < -0.3 is 5.73 Å². The lowest BCUT2D eigenvalue weighted by Gasteiger charge is -2.04. The Morgan fingerprint density at radius 3 is 2.88 bits per heavy atom. The molecule has 0 unspecified atom stereocenters. The predicted octanol–water partition coefficient (Wildman–Crippen LogP) is 1.79. The summed E-state index contributed by atoms with van der Waals surface area (Å²) in [5.74, 6) is -0.609. The van der Waals surface area contributed by atoms with Crippen molar-refractivity contribution < 1.29 is 4.79 Å². The van der Waals surface area contributed by atoms with Crippen LogP contribution in [-0.2, 0) is 6.42 Å². The third-order valence-electron chi connectivity index (χ3n) is 2.48. The number of halogens is 1. The van der Waals surface area contributed by atoms with E-state index in [-0.39, 0.29) is 5.69 Å². The second-order valence-corrected chi connectivity index (χ2v) is 3.95. The number of primary amides is 1. The number of hydrogen-bond acceptors (Lipinski definition) is 3. The molecule has 6 heteroatoms. The molecule has 0 radical (unpaired) electrons. The van der Waals surface area contributed by atoms with Crippen LogP contribution in [0.1, 0.15) is 23.0 Å². The number of benzene rings is 1. The maximum Gasteiger partial charge on any atom is 0.271 e. The van der Waals surface area contributed by atoms with Gasteiger partial charge in [0.2, 0.25) is 0 Å². The molecule has 0 fully saturated rings. The smallest absolute Gasteiger partial charge is 0.271 e. The van der Waals surface area contributed by atoms with Crippen molar-refractivity contribution in [2.75, 3.05) is 0 Å². The Hall–Kier alpha value is -1.88. The Bertz CT molecular complexity index is 564. The van der Waals surface area contributed by atoms with Crippen molar-refractivity contribution in [3.05, 3.63) is 34.5 Å². The summed E-state index contributed by atoms with van der Waals surface area (Å²) in [7, 11) is 0. The van der Waals surface area contributed by atoms with E-state index in [1.54, 1.807) is 12.1 Å². The van der Waals surface area contributed by atoms with Gasteiger partial charge in [0.15, 0.2) is 5.69 Å². The van der Waals surface area contributed by atoms with Gasteiger partial charge in [-0.3, -0.25) is 4.79 Å². The Kier molecular flexibility index (Phi) is 3.10. The molecule has 1 aromatic heterocycles. The van der Waals surface area contributed by atoms with E-state index in [0.29, 0.717) is 10.7 Å². The van der Waals surface area contributed by atoms with Crippen LogP contribution >= 0.6 is 11.6 Å². The van der Waals surface area contributed by atoms with Crippen LogP contribution in [0.15, 0.2) is 18.2 Å². The summed E-state index contributed by atoms with van der Waals surface area (Å²) in [6.07, 6.45) is 0.802. The lowest BCUT2D eigenvalue weighted by atomic mass is 10.0. The van der Waals surface area contributed by atoms with Crippen molar-refractivity contribution in [1.29, 1.82) is 0 Å². The molecule has 0 atom stereocenters. The Labute approximate surface area is 103 Å². The zero-order chi connectivity index (χ0) is 12.4. The van der Waals surface area contributed by atoms with E-state index in [1.165, 1.54) is 0 Å². The summed E-state index contributed by atoms with van der Waals surface area (Å²) >= 11 is 6.02. The van der Waals surface area contributed by atoms with Crippen molar-refractivity contribution in [2.45, 2.75) is 13.3 Å². The van der Waals surface area contributed by atoms with Gasteiger partial charge in [-0.2, -0.15) is 15.4 Å². The van der Waals surface area contributed by atoms with Gasteiger partial charge in [-0.25, -0.2) is 0 Å². The quantitative estimate of drug-likeness (QED) is 0.871. The standard InChI is InChI=1S/C11H11ClN4O/c1-2-6-5-7(3-4-8(6)12)9-10(11(13)17)15-16-14-9/h3-5H,2H2,1H3,(H2,13,17)(H,14,15,16). The van der Waals surface area contributed by atoms with Crippen LogP contribution in [0.25, 0.3) is 11.3 Å². The van der Waals surface area contributed by atoms with Crippen LogP contribution in [0, 0.1) is 0 Å². The van der Waals surface area contributed by atoms with Crippen LogP contribution in [0.4, 0.5) is 0 Å². The minimum absolute atomic E-state index is 0.134. The highest BCUT2D eigenvalue weighted by molar-refractivity contribution is 6.31. The molecule has 1 heterocycles. The van der Waals surface area contributed by atoms with Crippen molar-refractivity contribution in [3.63, 3.8) is 0 Å². The number of carbonyl (C=O) groups excluding carboxylic acids is 1. The van der Waals surface area contributed by atoms with Crippen LogP contribution in [-0.4, -0.2) is 21.3 Å². The fraction of sp³-hybridized carbons (Fsp3) is 0.182. The minimum Gasteiger partial charge on any atom is -0.364 e. The Morgan fingerprint density at radius 2 is 2.24 bits per heavy atom. The van der Waals surface area contributed by atoms with Gasteiger partial charge in [0.25, 0.3) is 5.91 Å². The molecule has 0 aliphatic rings. The third kappa shape index (κ3) is 2.14. The van der Waals surface area contributed by atoms with Crippen molar-refractivity contribution in [3.8, 4) is 11.3 Å². The summed E-state index contributed by atoms with van der Waals surface area (Å²) in [4.78, 5) is 11.2. The lowest BCUT2D eigenvalue weighted by molar-refractivity contribution is 0.0996. The molecule has 88 valence electrons. The number of H-pyrrole nitrogens is 1. The molecule has 2 aromatic rings. The molecular weight excluding hydrogens is 240 g/mol. The van der Waals surface area contributed by atoms with Crippen LogP contribution in [0.2, 0.25) is 5.02 Å². The van der Waals surface area contributed by atoms with Gasteiger partial charge >= 0.3 is 0 Å². The number of aryl methyl sites for hydroxylation is 1. The first-order chi connectivity index (χ1) is 8.13. The maximum atomic E-state index is 11.2. The number of aromatic amines is 1. The first kappa shape index (κ1) is 11.6. The number of carbonyl (C=O) groups is 1. The zero-order valence-corrected chi connectivity index (χ0v) is 9.95. The van der Waals surface area contributed by atoms with Crippen molar-refractivity contribution in [2.24, 2.45) is 5.73 Å². The molecule has 0 bridgehead atoms. The summed E-state index contributed by atoms with van der Waals surface area (Å²) in [5, 5.41) is 10.8. The number of nitrogens with one attached hydrogen (secondary N) is 1. The number of amides is 1. The number of hydrogen-bond donors (Lipinski definition) is 2. The van der Waals surface area contributed by atoms with Gasteiger partial charge in [0.1, 0.15) is 5.69 Å². The summed E-state index contributed by atoms with van der Waals surface area (Å²) in [5.41, 5.74) is 7.55. The van der Waals surface area contributed by atoms with Gasteiger partial charge in [0, 0.05) is 10.6 Å². The van der Waals surface area contributed by atoms with Gasteiger partial charge in [-0.05, 0) is 24.1 Å². The van der Waals surface area contributed by atoms with E-state index in [4.69, 9.17) is 17.3 Å². The number of aromatic nitrogens is 3. The van der Waals surface area contributed by atoms with E-state index >= 15 is 0 Å². The maximum absolute atomic E-state index is 11.2. The largest absolute Gasteiger partial charge is 0.364 e. The molecule has 5 nitrogen and oxygen atoms in total. The molecule has 1 aromatic carbocycles. The molecule has 17 heavy (non-hydrogen) atoms. The Balaban J connectivity index is 2.53. The second kappa shape index (κ2) is 4.55. The highest BCUT2D eigenvalue weighted by Crippen LogP contribution is 2.25. The average molecular weight is 251 g/mol. The lowest BCUT2D eigenvalue weighted by Crippen LogP contribution is -2.12. The summed E-state index contributed by atoms with van der Waals surface area (Å²) in [6, 6.07) is 5.44. The van der Waals surface area contributed by atoms with Gasteiger partial charge in [-0.15, -0.1) is 0 Å². The van der Waals surface area contributed by atoms with Crippen LogP contribution in [0.5, 0.6) is 0 Å². The summed E-state index contributed by atoms with van der Waals surface area (Å²) in [6.45, 7) is 2.00. The number of rotatable bonds is 3. The fourth-order valence-corrected chi connectivity index (χ4v) is 1.85. The Morgan fingerprint density at radius 1 is 1.47 bits per heavy atom. The first-order valence-electron chi connectivity index (χ1n) is 5.12. The van der Waals surface area contributed by atoms with Crippen molar-refractivity contribution >= 4 is 17.5 Å². The monoisotopic (exact) mass is 250 g/mol. The highest BCUT2D eigenvalue weighted by atomic mass is 35.5. The van der Waals surface area contributed by atoms with E-state index < -0.39 is 5.91 Å². The third-order valence-corrected chi connectivity index (χ3v) is 2.85. The van der Waals surface area contributed by atoms with Gasteiger partial charge in [0.05, 0.1) is 0 Å². The van der Waals surface area contributed by atoms with Gasteiger partial charge in [-0.1, -0.05) is 24.6 Å². The molecule has 1 amide bonds. The molecule has 3 N–H and O–H groups in total.